The first-order chi connectivity index (χ1) is 17.1. The van der Waals surface area contributed by atoms with Crippen LogP contribution >= 0.6 is 0 Å². The average Bonchev–Trinajstić information content (AvgIpc) is 2.77. The Morgan fingerprint density at radius 2 is 1.54 bits per heavy atom. The fraction of sp³-hybridized carbons (Fsp3) is 0.630. The Balaban J connectivity index is 2.26. The fourth-order valence-corrected chi connectivity index (χ4v) is 3.39. The van der Waals surface area contributed by atoms with E-state index in [1.54, 1.807) is 65.8 Å². The smallest absolute Gasteiger partial charge is 0.311 e. The predicted octanol–water partition coefficient (Wildman–Crippen LogP) is 3.68. The molecule has 1 saturated heterocycles. The molecule has 0 unspecified atom stereocenters. The van der Waals surface area contributed by atoms with E-state index >= 15 is 0 Å². The molecule has 1 aromatic rings. The molecule has 2 rings (SSSR count). The van der Waals surface area contributed by atoms with Gasteiger partial charge in [0.2, 0.25) is 6.29 Å². The molecule has 206 valence electrons. The van der Waals surface area contributed by atoms with Gasteiger partial charge in [-0.3, -0.25) is 19.2 Å². The van der Waals surface area contributed by atoms with Crippen LogP contribution in [0.15, 0.2) is 24.3 Å². The summed E-state index contributed by atoms with van der Waals surface area (Å²) in [5.74, 6) is -2.01. The summed E-state index contributed by atoms with van der Waals surface area (Å²) in [4.78, 5) is 47.8. The first-order valence-corrected chi connectivity index (χ1v) is 12.2. The van der Waals surface area contributed by atoms with Crippen molar-refractivity contribution < 1.29 is 48.0 Å². The molecule has 0 aliphatic carbocycles. The van der Waals surface area contributed by atoms with E-state index in [4.69, 9.17) is 28.8 Å². The molecule has 0 radical (unpaired) electrons. The summed E-state index contributed by atoms with van der Waals surface area (Å²) in [5, 5.41) is 8.87. The van der Waals surface area contributed by atoms with Crippen LogP contribution in [0.3, 0.4) is 0 Å². The lowest BCUT2D eigenvalue weighted by Gasteiger charge is -2.40. The molecule has 4 atom stereocenters. The van der Waals surface area contributed by atoms with Crippen molar-refractivity contribution >= 4 is 23.9 Å². The summed E-state index contributed by atoms with van der Waals surface area (Å²) in [5.41, 5.74) is -0.740. The van der Waals surface area contributed by atoms with Gasteiger partial charge in [0, 0.05) is 13.3 Å². The molecule has 0 aromatic heterocycles. The second-order valence-corrected chi connectivity index (χ2v) is 11.1. The van der Waals surface area contributed by atoms with Crippen LogP contribution < -0.4 is 4.74 Å². The number of carbonyl (C=O) groups is 4. The van der Waals surface area contributed by atoms with Crippen LogP contribution in [-0.2, 0) is 44.5 Å². The molecule has 1 N–H and O–H groups in total. The normalized spacial score (nSPS) is 22.0. The zero-order valence-electron chi connectivity index (χ0n) is 22.6. The lowest BCUT2D eigenvalue weighted by atomic mass is 9.95. The van der Waals surface area contributed by atoms with Crippen molar-refractivity contribution in [3.05, 3.63) is 29.8 Å². The third-order valence-corrected chi connectivity index (χ3v) is 5.47. The highest BCUT2D eigenvalue weighted by molar-refractivity contribution is 5.76. The van der Waals surface area contributed by atoms with Gasteiger partial charge in [0.25, 0.3) is 0 Å². The minimum atomic E-state index is -1.02. The van der Waals surface area contributed by atoms with Crippen LogP contribution in [0.2, 0.25) is 0 Å². The SMILES string of the molecule is CC(=O)O[C@H]1[C@H](OC(=O)C(C)(C)C)C[C@H](Oc2ccc(CCC(=O)O)cc2)O[C@@H]1COC(=O)C(C)(C)C. The quantitative estimate of drug-likeness (QED) is 0.378. The van der Waals surface area contributed by atoms with E-state index in [-0.39, 0.29) is 19.4 Å². The minimum absolute atomic E-state index is 0.0132. The van der Waals surface area contributed by atoms with Gasteiger partial charge in [0.1, 0.15) is 24.6 Å². The Hall–Kier alpha value is -3.14. The van der Waals surface area contributed by atoms with Crippen molar-refractivity contribution in [2.75, 3.05) is 6.61 Å². The number of carboxylic acids is 1. The summed E-state index contributed by atoms with van der Waals surface area (Å²) in [6, 6.07) is 6.87. The third kappa shape index (κ3) is 9.68. The summed E-state index contributed by atoms with van der Waals surface area (Å²) < 4.78 is 28.7. The summed E-state index contributed by atoms with van der Waals surface area (Å²) in [6.07, 6.45) is -3.35. The molecule has 1 aliphatic rings. The lowest BCUT2D eigenvalue weighted by molar-refractivity contribution is -0.248. The van der Waals surface area contributed by atoms with Gasteiger partial charge in [-0.2, -0.15) is 0 Å². The van der Waals surface area contributed by atoms with Crippen molar-refractivity contribution in [1.82, 2.24) is 0 Å². The van der Waals surface area contributed by atoms with Crippen molar-refractivity contribution in [3.8, 4) is 5.75 Å². The maximum Gasteiger partial charge on any atom is 0.311 e. The number of carbonyl (C=O) groups excluding carboxylic acids is 3. The van der Waals surface area contributed by atoms with Gasteiger partial charge in [-0.15, -0.1) is 0 Å². The number of aryl methyl sites for hydroxylation is 1. The number of hydrogen-bond donors (Lipinski definition) is 1. The highest BCUT2D eigenvalue weighted by atomic mass is 16.7. The highest BCUT2D eigenvalue weighted by Gasteiger charge is 2.46. The summed E-state index contributed by atoms with van der Waals surface area (Å²) >= 11 is 0. The number of ether oxygens (including phenoxy) is 5. The molecule has 0 bridgehead atoms. The van der Waals surface area contributed by atoms with Crippen LogP contribution in [0, 0.1) is 10.8 Å². The van der Waals surface area contributed by atoms with Crippen molar-refractivity contribution in [3.63, 3.8) is 0 Å². The van der Waals surface area contributed by atoms with Crippen molar-refractivity contribution in [2.45, 2.75) is 92.3 Å². The maximum atomic E-state index is 12.7. The highest BCUT2D eigenvalue weighted by Crippen LogP contribution is 2.30. The monoisotopic (exact) mass is 522 g/mol. The van der Waals surface area contributed by atoms with E-state index in [1.165, 1.54) is 6.92 Å². The summed E-state index contributed by atoms with van der Waals surface area (Å²) in [7, 11) is 0. The van der Waals surface area contributed by atoms with E-state index in [9.17, 15) is 19.2 Å². The van der Waals surface area contributed by atoms with Crippen LogP contribution in [0.1, 0.15) is 66.9 Å². The van der Waals surface area contributed by atoms with E-state index < -0.39 is 59.3 Å². The molecule has 1 aliphatic heterocycles. The number of esters is 3. The number of rotatable bonds is 9. The molecule has 1 aromatic carbocycles. The topological polar surface area (TPSA) is 135 Å². The van der Waals surface area contributed by atoms with Crippen LogP contribution in [0.4, 0.5) is 0 Å². The number of aliphatic carboxylic acids is 1. The van der Waals surface area contributed by atoms with Gasteiger partial charge in [0.05, 0.1) is 17.3 Å². The van der Waals surface area contributed by atoms with Crippen LogP contribution in [0.25, 0.3) is 0 Å². The molecule has 0 amide bonds. The van der Waals surface area contributed by atoms with Gasteiger partial charge < -0.3 is 28.8 Å². The second-order valence-electron chi connectivity index (χ2n) is 11.1. The van der Waals surface area contributed by atoms with Gasteiger partial charge in [-0.25, -0.2) is 0 Å². The summed E-state index contributed by atoms with van der Waals surface area (Å²) in [6.45, 7) is 11.2. The molecule has 10 nitrogen and oxygen atoms in total. The first kappa shape index (κ1) is 30.1. The Morgan fingerprint density at radius 3 is 2.05 bits per heavy atom. The van der Waals surface area contributed by atoms with Crippen molar-refractivity contribution in [1.29, 1.82) is 0 Å². The molecule has 37 heavy (non-hydrogen) atoms. The van der Waals surface area contributed by atoms with E-state index in [1.807, 2.05) is 0 Å². The lowest BCUT2D eigenvalue weighted by Crippen LogP contribution is -2.55. The minimum Gasteiger partial charge on any atom is -0.481 e. The Bertz CT molecular complexity index is 955. The zero-order valence-corrected chi connectivity index (χ0v) is 22.6. The molecule has 10 heteroatoms. The molecule has 0 saturated carbocycles. The Labute approximate surface area is 217 Å². The fourth-order valence-electron chi connectivity index (χ4n) is 3.39. The van der Waals surface area contributed by atoms with Crippen LogP contribution in [0.5, 0.6) is 5.75 Å². The molecular weight excluding hydrogens is 484 g/mol. The predicted molar refractivity (Wildman–Crippen MR) is 132 cm³/mol. The molecule has 1 fully saturated rings. The van der Waals surface area contributed by atoms with Gasteiger partial charge >= 0.3 is 23.9 Å². The number of benzene rings is 1. The molecule has 0 spiro atoms. The third-order valence-electron chi connectivity index (χ3n) is 5.47. The number of hydrogen-bond acceptors (Lipinski definition) is 9. The largest absolute Gasteiger partial charge is 0.481 e. The van der Waals surface area contributed by atoms with E-state index in [0.717, 1.165) is 5.56 Å². The second kappa shape index (κ2) is 12.4. The van der Waals surface area contributed by atoms with E-state index in [0.29, 0.717) is 12.2 Å². The maximum absolute atomic E-state index is 12.7. The molecular formula is C27H38O10. The first-order valence-electron chi connectivity index (χ1n) is 12.2. The average molecular weight is 523 g/mol. The van der Waals surface area contributed by atoms with E-state index in [2.05, 4.69) is 0 Å². The van der Waals surface area contributed by atoms with Crippen molar-refractivity contribution in [2.24, 2.45) is 10.8 Å². The number of carboxylic acid groups (broad SMARTS) is 1. The van der Waals surface area contributed by atoms with Gasteiger partial charge in [-0.05, 0) is 65.7 Å². The molecule has 1 heterocycles. The van der Waals surface area contributed by atoms with Crippen LogP contribution in [-0.4, -0.2) is 60.2 Å². The standard InChI is InChI=1S/C27H38O10/c1-16(28)34-23-19(37-25(32)27(5,6)7)14-22(36-20(23)15-33-24(31)26(2,3)4)35-18-11-8-17(9-12-18)10-13-21(29)30/h8-9,11-12,19-20,22-23H,10,13-15H2,1-7H3,(H,29,30)/t19-,20-,22-,23+/m1/s1. The zero-order chi connectivity index (χ0) is 28.0. The van der Waals surface area contributed by atoms with Gasteiger partial charge in [-0.1, -0.05) is 12.1 Å². The van der Waals surface area contributed by atoms with Gasteiger partial charge in [0.15, 0.2) is 6.10 Å². The Morgan fingerprint density at radius 1 is 0.946 bits per heavy atom. The Kier molecular flexibility index (Phi) is 10.1.